The number of methoxy groups -OCH3 is 1. The summed E-state index contributed by atoms with van der Waals surface area (Å²) >= 11 is 0. The van der Waals surface area contributed by atoms with Crippen LogP contribution in [0.25, 0.3) is 0 Å². The minimum absolute atomic E-state index is 0.0772. The van der Waals surface area contributed by atoms with E-state index < -0.39 is 0 Å². The monoisotopic (exact) mass is 272 g/mol. The van der Waals surface area contributed by atoms with Crippen molar-refractivity contribution in [3.63, 3.8) is 0 Å². The second-order valence-electron chi connectivity index (χ2n) is 6.17. The third kappa shape index (κ3) is 5.47. The number of carbonyl (C=O) groups excluding carboxylic acids is 1. The highest BCUT2D eigenvalue weighted by atomic mass is 16.5. The van der Waals surface area contributed by atoms with Crippen LogP contribution in [0, 0.1) is 5.41 Å². The first-order chi connectivity index (χ1) is 8.93. The summed E-state index contributed by atoms with van der Waals surface area (Å²) in [4.78, 5) is 11.9. The molecular formula is C14H28N2O3. The number of hydrogen-bond acceptors (Lipinski definition) is 4. The molecule has 1 heterocycles. The molecule has 5 heteroatoms. The van der Waals surface area contributed by atoms with Gasteiger partial charge in [-0.25, -0.2) is 0 Å². The first-order valence-corrected chi connectivity index (χ1v) is 7.03. The Kier molecular flexibility index (Phi) is 6.23. The van der Waals surface area contributed by atoms with E-state index in [-0.39, 0.29) is 16.9 Å². The molecule has 0 aliphatic carbocycles. The van der Waals surface area contributed by atoms with Gasteiger partial charge in [0.1, 0.15) is 5.60 Å². The molecule has 0 radical (unpaired) electrons. The van der Waals surface area contributed by atoms with Gasteiger partial charge in [0.25, 0.3) is 0 Å². The molecule has 0 saturated carbocycles. The van der Waals surface area contributed by atoms with Crippen molar-refractivity contribution in [3.05, 3.63) is 0 Å². The second-order valence-corrected chi connectivity index (χ2v) is 6.17. The molecule has 19 heavy (non-hydrogen) atoms. The molecule has 1 rings (SSSR count). The average Bonchev–Trinajstić information content (AvgIpc) is 2.83. The highest BCUT2D eigenvalue weighted by molar-refractivity contribution is 5.76. The number of carbonyl (C=O) groups is 1. The number of hydrogen-bond donors (Lipinski definition) is 2. The van der Waals surface area contributed by atoms with Crippen LogP contribution in [-0.4, -0.2) is 44.9 Å². The van der Waals surface area contributed by atoms with Crippen molar-refractivity contribution in [2.24, 2.45) is 11.1 Å². The van der Waals surface area contributed by atoms with E-state index in [1.807, 2.05) is 0 Å². The number of amides is 1. The fourth-order valence-corrected chi connectivity index (χ4v) is 2.28. The van der Waals surface area contributed by atoms with Crippen LogP contribution in [0.5, 0.6) is 0 Å². The molecule has 1 aliphatic rings. The first kappa shape index (κ1) is 16.4. The van der Waals surface area contributed by atoms with Crippen molar-refractivity contribution in [1.29, 1.82) is 0 Å². The summed E-state index contributed by atoms with van der Waals surface area (Å²) in [6.07, 6.45) is 3.17. The van der Waals surface area contributed by atoms with Gasteiger partial charge < -0.3 is 20.5 Å². The lowest BCUT2D eigenvalue weighted by Gasteiger charge is -2.27. The van der Waals surface area contributed by atoms with Crippen molar-refractivity contribution in [3.8, 4) is 0 Å². The van der Waals surface area contributed by atoms with Gasteiger partial charge in [0.15, 0.2) is 0 Å². The van der Waals surface area contributed by atoms with Gasteiger partial charge in [-0.05, 0) is 24.8 Å². The van der Waals surface area contributed by atoms with Crippen molar-refractivity contribution in [2.45, 2.75) is 45.1 Å². The van der Waals surface area contributed by atoms with Crippen LogP contribution in [0.2, 0.25) is 0 Å². The molecule has 0 aromatic rings. The van der Waals surface area contributed by atoms with Gasteiger partial charge in [-0.15, -0.1) is 0 Å². The Morgan fingerprint density at radius 3 is 2.74 bits per heavy atom. The summed E-state index contributed by atoms with van der Waals surface area (Å²) in [7, 11) is 1.67. The second kappa shape index (κ2) is 7.22. The maximum Gasteiger partial charge on any atom is 0.220 e. The Morgan fingerprint density at radius 1 is 1.47 bits per heavy atom. The lowest BCUT2D eigenvalue weighted by Crippen LogP contribution is -2.45. The van der Waals surface area contributed by atoms with Gasteiger partial charge in [0.2, 0.25) is 5.91 Å². The molecule has 0 aromatic carbocycles. The molecule has 1 unspecified atom stereocenters. The summed E-state index contributed by atoms with van der Waals surface area (Å²) in [5, 5.41) is 2.96. The first-order valence-electron chi connectivity index (χ1n) is 7.03. The topological polar surface area (TPSA) is 73.6 Å². The lowest BCUT2D eigenvalue weighted by molar-refractivity contribution is -0.123. The lowest BCUT2D eigenvalue weighted by atomic mass is 9.84. The average molecular weight is 272 g/mol. The molecule has 1 aliphatic heterocycles. The third-order valence-corrected chi connectivity index (χ3v) is 3.96. The van der Waals surface area contributed by atoms with Crippen LogP contribution in [0.1, 0.15) is 39.5 Å². The minimum Gasteiger partial charge on any atom is -0.378 e. The maximum absolute atomic E-state index is 11.9. The quantitative estimate of drug-likeness (QED) is 0.693. The zero-order valence-corrected chi connectivity index (χ0v) is 12.5. The summed E-state index contributed by atoms with van der Waals surface area (Å²) in [6, 6.07) is 0. The minimum atomic E-state index is -0.331. The van der Waals surface area contributed by atoms with E-state index in [0.29, 0.717) is 32.7 Å². The van der Waals surface area contributed by atoms with Gasteiger partial charge >= 0.3 is 0 Å². The Labute approximate surface area is 116 Å². The molecule has 0 spiro atoms. The largest absolute Gasteiger partial charge is 0.378 e. The van der Waals surface area contributed by atoms with E-state index in [1.54, 1.807) is 7.11 Å². The number of rotatable bonds is 8. The Morgan fingerprint density at radius 2 is 2.21 bits per heavy atom. The van der Waals surface area contributed by atoms with E-state index in [4.69, 9.17) is 15.2 Å². The maximum atomic E-state index is 11.9. The van der Waals surface area contributed by atoms with Crippen LogP contribution in [0.3, 0.4) is 0 Å². The zero-order chi connectivity index (χ0) is 14.4. The molecule has 0 bridgehead atoms. The smallest absolute Gasteiger partial charge is 0.220 e. The van der Waals surface area contributed by atoms with Gasteiger partial charge in [0, 0.05) is 33.1 Å². The van der Waals surface area contributed by atoms with Crippen LogP contribution >= 0.6 is 0 Å². The molecule has 112 valence electrons. The normalized spacial score (nSPS) is 23.6. The number of ether oxygens (including phenoxy) is 2. The predicted molar refractivity (Wildman–Crippen MR) is 74.9 cm³/mol. The predicted octanol–water partition coefficient (Wildman–Crippen LogP) is 1.06. The van der Waals surface area contributed by atoms with E-state index in [2.05, 4.69) is 19.2 Å². The highest BCUT2D eigenvalue weighted by Crippen LogP contribution is 2.26. The molecule has 1 fully saturated rings. The van der Waals surface area contributed by atoms with Crippen LogP contribution < -0.4 is 11.1 Å². The van der Waals surface area contributed by atoms with Crippen molar-refractivity contribution >= 4 is 5.91 Å². The van der Waals surface area contributed by atoms with E-state index in [9.17, 15) is 4.79 Å². The highest BCUT2D eigenvalue weighted by Gasteiger charge is 2.35. The van der Waals surface area contributed by atoms with Crippen LogP contribution in [0.4, 0.5) is 0 Å². The van der Waals surface area contributed by atoms with Crippen LogP contribution in [0.15, 0.2) is 0 Å². The Bertz CT molecular complexity index is 286. The number of nitrogens with two attached hydrogens (primary N) is 1. The summed E-state index contributed by atoms with van der Waals surface area (Å²) in [6.45, 7) is 6.75. The van der Waals surface area contributed by atoms with Gasteiger partial charge in [-0.2, -0.15) is 0 Å². The standard InChI is InChI=1S/C14H28N2O3/c1-13(2,6-8-15)5-4-12(17)16-10-14(18-3)7-9-19-11-14/h4-11,15H2,1-3H3,(H,16,17). The van der Waals surface area contributed by atoms with Crippen LogP contribution in [-0.2, 0) is 14.3 Å². The molecule has 3 N–H and O–H groups in total. The molecule has 1 amide bonds. The summed E-state index contributed by atoms with van der Waals surface area (Å²) in [5.74, 6) is 0.0772. The van der Waals surface area contributed by atoms with E-state index in [1.165, 1.54) is 0 Å². The Balaban J connectivity index is 2.28. The zero-order valence-electron chi connectivity index (χ0n) is 12.5. The van der Waals surface area contributed by atoms with Gasteiger partial charge in [-0.1, -0.05) is 13.8 Å². The van der Waals surface area contributed by atoms with Crippen molar-refractivity contribution < 1.29 is 14.3 Å². The number of nitrogens with one attached hydrogen (secondary N) is 1. The molecule has 1 atom stereocenters. The van der Waals surface area contributed by atoms with Gasteiger partial charge in [-0.3, -0.25) is 4.79 Å². The van der Waals surface area contributed by atoms with Crippen molar-refractivity contribution in [2.75, 3.05) is 33.4 Å². The molecule has 5 nitrogen and oxygen atoms in total. The van der Waals surface area contributed by atoms with E-state index >= 15 is 0 Å². The van der Waals surface area contributed by atoms with E-state index in [0.717, 1.165) is 19.3 Å². The fraction of sp³-hybridized carbons (Fsp3) is 0.929. The van der Waals surface area contributed by atoms with Gasteiger partial charge in [0.05, 0.1) is 6.61 Å². The summed E-state index contributed by atoms with van der Waals surface area (Å²) < 4.78 is 10.8. The van der Waals surface area contributed by atoms with Crippen molar-refractivity contribution in [1.82, 2.24) is 5.32 Å². The fourth-order valence-electron chi connectivity index (χ4n) is 2.28. The molecule has 0 aromatic heterocycles. The Hall–Kier alpha value is -0.650. The summed E-state index contributed by atoms with van der Waals surface area (Å²) in [5.41, 5.74) is 5.36. The third-order valence-electron chi connectivity index (χ3n) is 3.96. The molecule has 1 saturated heterocycles. The molecular weight excluding hydrogens is 244 g/mol. The SMILES string of the molecule is COC1(CNC(=O)CCC(C)(C)CCN)CCOC1.